The number of hydrogen-bond donors (Lipinski definition) is 3. The van der Waals surface area contributed by atoms with Crippen LogP contribution in [0.5, 0.6) is 17.2 Å². The average molecular weight is 380 g/mol. The molecule has 0 fully saturated rings. The second-order valence-corrected chi connectivity index (χ2v) is 6.13. The minimum absolute atomic E-state index is 0.0120. The fraction of sp³-hybridized carbons (Fsp3) is 0.579. The number of guanidine groups is 1. The Hall–Kier alpha value is -2.64. The van der Waals surface area contributed by atoms with Crippen LogP contribution in [-0.2, 0) is 11.3 Å². The number of nitrogens with one attached hydrogen (secondary N) is 3. The first kappa shape index (κ1) is 22.4. The molecule has 8 heteroatoms. The molecule has 1 aromatic rings. The molecule has 152 valence electrons. The standard InChI is InChI=1S/C19H32N4O4/c1-7-20-19(21-9-8-17(24)23-13(2)3)22-12-14-10-15(25-4)18(27-6)16(11-14)26-5/h10-11,13H,7-9,12H2,1-6H3,(H,23,24)(H2,20,21,22). The third-order valence-electron chi connectivity index (χ3n) is 3.58. The van der Waals surface area contributed by atoms with Crippen LogP contribution in [0.1, 0.15) is 32.8 Å². The first-order valence-corrected chi connectivity index (χ1v) is 9.05. The first-order chi connectivity index (χ1) is 12.9. The van der Waals surface area contributed by atoms with Gasteiger partial charge in [0.05, 0.1) is 27.9 Å². The molecule has 0 aliphatic heterocycles. The second-order valence-electron chi connectivity index (χ2n) is 6.13. The van der Waals surface area contributed by atoms with Crippen LogP contribution < -0.4 is 30.2 Å². The Morgan fingerprint density at radius 2 is 1.70 bits per heavy atom. The van der Waals surface area contributed by atoms with Gasteiger partial charge in [0.2, 0.25) is 11.7 Å². The maximum absolute atomic E-state index is 11.7. The topological polar surface area (TPSA) is 93.2 Å². The van der Waals surface area contributed by atoms with E-state index in [9.17, 15) is 4.79 Å². The summed E-state index contributed by atoms with van der Waals surface area (Å²) < 4.78 is 16.1. The molecule has 0 spiro atoms. The van der Waals surface area contributed by atoms with E-state index in [2.05, 4.69) is 20.9 Å². The number of nitrogens with zero attached hydrogens (tertiary/aromatic N) is 1. The Balaban J connectivity index is 2.78. The van der Waals surface area contributed by atoms with Crippen molar-refractivity contribution in [3.05, 3.63) is 17.7 Å². The number of ether oxygens (including phenoxy) is 3. The van der Waals surface area contributed by atoms with Crippen LogP contribution in [-0.4, -0.2) is 52.3 Å². The summed E-state index contributed by atoms with van der Waals surface area (Å²) in [6, 6.07) is 3.87. The number of carbonyl (C=O) groups excluding carboxylic acids is 1. The van der Waals surface area contributed by atoms with Crippen molar-refractivity contribution in [1.29, 1.82) is 0 Å². The SMILES string of the molecule is CCNC(=NCc1cc(OC)c(OC)c(OC)c1)NCCC(=O)NC(C)C. The highest BCUT2D eigenvalue weighted by Crippen LogP contribution is 2.38. The van der Waals surface area contributed by atoms with Crippen molar-refractivity contribution in [2.75, 3.05) is 34.4 Å². The maximum Gasteiger partial charge on any atom is 0.221 e. The summed E-state index contributed by atoms with van der Waals surface area (Å²) in [5, 5.41) is 9.20. The van der Waals surface area contributed by atoms with Crippen molar-refractivity contribution in [3.8, 4) is 17.2 Å². The lowest BCUT2D eigenvalue weighted by atomic mass is 10.2. The van der Waals surface area contributed by atoms with Gasteiger partial charge in [0.15, 0.2) is 17.5 Å². The smallest absolute Gasteiger partial charge is 0.221 e. The number of aliphatic imine (C=N–C) groups is 1. The molecule has 0 saturated carbocycles. The van der Waals surface area contributed by atoms with Gasteiger partial charge in [-0.25, -0.2) is 4.99 Å². The lowest BCUT2D eigenvalue weighted by Crippen LogP contribution is -2.40. The molecule has 0 radical (unpaired) electrons. The van der Waals surface area contributed by atoms with Gasteiger partial charge >= 0.3 is 0 Å². The third kappa shape index (κ3) is 7.64. The number of amides is 1. The number of hydrogen-bond acceptors (Lipinski definition) is 5. The molecule has 8 nitrogen and oxygen atoms in total. The van der Waals surface area contributed by atoms with Crippen LogP contribution in [0.3, 0.4) is 0 Å². The molecule has 0 bridgehead atoms. The lowest BCUT2D eigenvalue weighted by Gasteiger charge is -2.14. The van der Waals surface area contributed by atoms with Crippen LogP contribution in [0.2, 0.25) is 0 Å². The largest absolute Gasteiger partial charge is 0.493 e. The monoisotopic (exact) mass is 380 g/mol. The third-order valence-corrected chi connectivity index (χ3v) is 3.58. The van der Waals surface area contributed by atoms with Crippen LogP contribution >= 0.6 is 0 Å². The minimum atomic E-state index is 0.0120. The molecule has 1 rings (SSSR count). The fourth-order valence-electron chi connectivity index (χ4n) is 2.43. The van der Waals surface area contributed by atoms with Crippen LogP contribution in [0, 0.1) is 0 Å². The van der Waals surface area contributed by atoms with Gasteiger partial charge in [-0.15, -0.1) is 0 Å². The summed E-state index contributed by atoms with van der Waals surface area (Å²) in [4.78, 5) is 16.3. The van der Waals surface area contributed by atoms with Gasteiger partial charge in [-0.3, -0.25) is 4.79 Å². The van der Waals surface area contributed by atoms with E-state index in [0.717, 1.165) is 12.1 Å². The zero-order valence-corrected chi connectivity index (χ0v) is 17.1. The van der Waals surface area contributed by atoms with E-state index in [4.69, 9.17) is 14.2 Å². The average Bonchev–Trinajstić information content (AvgIpc) is 2.64. The van der Waals surface area contributed by atoms with Gasteiger partial charge < -0.3 is 30.2 Å². The molecule has 1 amide bonds. The summed E-state index contributed by atoms with van der Waals surface area (Å²) >= 11 is 0. The van der Waals surface area contributed by atoms with E-state index < -0.39 is 0 Å². The minimum Gasteiger partial charge on any atom is -0.493 e. The van der Waals surface area contributed by atoms with E-state index in [0.29, 0.717) is 42.7 Å². The Kier molecular flexibility index (Phi) is 9.85. The molecule has 0 aliphatic rings. The molecule has 3 N–H and O–H groups in total. The first-order valence-electron chi connectivity index (χ1n) is 9.05. The van der Waals surface area contributed by atoms with Crippen molar-refractivity contribution in [1.82, 2.24) is 16.0 Å². The number of benzene rings is 1. The van der Waals surface area contributed by atoms with Crippen molar-refractivity contribution in [3.63, 3.8) is 0 Å². The normalized spacial score (nSPS) is 11.1. The molecule has 0 atom stereocenters. The van der Waals surface area contributed by atoms with E-state index in [1.807, 2.05) is 32.9 Å². The van der Waals surface area contributed by atoms with Crippen molar-refractivity contribution < 1.29 is 19.0 Å². The van der Waals surface area contributed by atoms with Gasteiger partial charge in [-0.1, -0.05) is 0 Å². The summed E-state index contributed by atoms with van der Waals surface area (Å²) in [6.07, 6.45) is 0.382. The van der Waals surface area contributed by atoms with E-state index in [-0.39, 0.29) is 11.9 Å². The van der Waals surface area contributed by atoms with Gasteiger partial charge in [-0.05, 0) is 38.5 Å². The van der Waals surface area contributed by atoms with Gasteiger partial charge in [0.25, 0.3) is 0 Å². The van der Waals surface area contributed by atoms with Crippen LogP contribution in [0.4, 0.5) is 0 Å². The molecule has 0 aromatic heterocycles. The number of methoxy groups -OCH3 is 3. The molecule has 0 unspecified atom stereocenters. The van der Waals surface area contributed by atoms with Gasteiger partial charge in [-0.2, -0.15) is 0 Å². The van der Waals surface area contributed by atoms with Crippen molar-refractivity contribution in [2.45, 2.75) is 39.8 Å². The Labute approximate surface area is 161 Å². The molecule has 0 aliphatic carbocycles. The quantitative estimate of drug-likeness (QED) is 0.422. The Morgan fingerprint density at radius 3 is 2.19 bits per heavy atom. The second kappa shape index (κ2) is 11.9. The zero-order chi connectivity index (χ0) is 20.2. The summed E-state index contributed by atoms with van der Waals surface area (Å²) in [7, 11) is 4.73. The van der Waals surface area contributed by atoms with Gasteiger partial charge in [0.1, 0.15) is 0 Å². The molecule has 27 heavy (non-hydrogen) atoms. The van der Waals surface area contributed by atoms with Crippen molar-refractivity contribution in [2.24, 2.45) is 4.99 Å². The zero-order valence-electron chi connectivity index (χ0n) is 17.1. The van der Waals surface area contributed by atoms with E-state index in [1.54, 1.807) is 21.3 Å². The maximum atomic E-state index is 11.7. The van der Waals surface area contributed by atoms with Crippen molar-refractivity contribution >= 4 is 11.9 Å². The highest BCUT2D eigenvalue weighted by molar-refractivity contribution is 5.81. The summed E-state index contributed by atoms with van der Waals surface area (Å²) in [5.74, 6) is 2.38. The predicted octanol–water partition coefficient (Wildman–Crippen LogP) is 1.68. The Morgan fingerprint density at radius 1 is 1.07 bits per heavy atom. The van der Waals surface area contributed by atoms with E-state index in [1.165, 1.54) is 0 Å². The van der Waals surface area contributed by atoms with E-state index >= 15 is 0 Å². The highest BCUT2D eigenvalue weighted by atomic mass is 16.5. The Bertz CT molecular complexity index is 607. The molecule has 1 aromatic carbocycles. The van der Waals surface area contributed by atoms with Gasteiger partial charge in [0, 0.05) is 25.6 Å². The fourth-order valence-corrected chi connectivity index (χ4v) is 2.43. The lowest BCUT2D eigenvalue weighted by molar-refractivity contribution is -0.121. The predicted molar refractivity (Wildman–Crippen MR) is 107 cm³/mol. The molecular weight excluding hydrogens is 348 g/mol. The van der Waals surface area contributed by atoms with Crippen LogP contribution in [0.25, 0.3) is 0 Å². The van der Waals surface area contributed by atoms with Crippen LogP contribution in [0.15, 0.2) is 17.1 Å². The summed E-state index contributed by atoms with van der Waals surface area (Å²) in [5.41, 5.74) is 0.916. The number of rotatable bonds is 10. The molecule has 0 heterocycles. The highest BCUT2D eigenvalue weighted by Gasteiger charge is 2.13. The molecule has 0 saturated heterocycles. The molecular formula is C19H32N4O4. The number of carbonyl (C=O) groups is 1. The summed E-state index contributed by atoms with van der Waals surface area (Å²) in [6.45, 7) is 7.51.